The Bertz CT molecular complexity index is 1370. The van der Waals surface area contributed by atoms with Gasteiger partial charge in [-0.25, -0.2) is 4.98 Å². The van der Waals surface area contributed by atoms with Crippen molar-refractivity contribution in [1.29, 1.82) is 0 Å². The molecule has 1 N–H and O–H groups in total. The number of nitrogens with one attached hydrogen (secondary N) is 1. The van der Waals surface area contributed by atoms with Crippen molar-refractivity contribution in [2.75, 3.05) is 12.4 Å². The fourth-order valence-electron chi connectivity index (χ4n) is 3.32. The van der Waals surface area contributed by atoms with Gasteiger partial charge in [0, 0.05) is 26.6 Å². The van der Waals surface area contributed by atoms with E-state index in [9.17, 15) is 4.79 Å². The van der Waals surface area contributed by atoms with Gasteiger partial charge in [-0.2, -0.15) is 0 Å². The molecule has 5 nitrogen and oxygen atoms in total. The molecule has 0 fully saturated rings. The van der Waals surface area contributed by atoms with Gasteiger partial charge in [0.2, 0.25) is 5.91 Å². The van der Waals surface area contributed by atoms with Crippen LogP contribution in [-0.4, -0.2) is 18.0 Å². The van der Waals surface area contributed by atoms with E-state index in [0.717, 1.165) is 27.3 Å². The highest BCUT2D eigenvalue weighted by Gasteiger charge is 2.12. The van der Waals surface area contributed by atoms with Crippen molar-refractivity contribution in [3.63, 3.8) is 0 Å². The van der Waals surface area contributed by atoms with Gasteiger partial charge in [-0.1, -0.05) is 53.5 Å². The Morgan fingerprint density at radius 1 is 1.03 bits per heavy atom. The summed E-state index contributed by atoms with van der Waals surface area (Å²) in [5, 5.41) is 4.67. The molecule has 0 spiro atoms. The van der Waals surface area contributed by atoms with Crippen LogP contribution in [0.1, 0.15) is 16.0 Å². The first kappa shape index (κ1) is 24.8. The van der Waals surface area contributed by atoms with Crippen LogP contribution in [0.4, 0.5) is 5.13 Å². The monoisotopic (exact) mass is 524 g/mol. The summed E-state index contributed by atoms with van der Waals surface area (Å²) >= 11 is 13.4. The van der Waals surface area contributed by atoms with Gasteiger partial charge in [0.15, 0.2) is 16.6 Å². The van der Waals surface area contributed by atoms with Crippen LogP contribution in [0.5, 0.6) is 11.5 Å². The number of thiazole rings is 1. The fourth-order valence-corrected chi connectivity index (χ4v) is 4.48. The van der Waals surface area contributed by atoms with Crippen LogP contribution in [0, 0.1) is 6.92 Å². The highest BCUT2D eigenvalue weighted by atomic mass is 35.5. The first-order valence-electron chi connectivity index (χ1n) is 10.7. The number of rotatable bonds is 8. The number of ether oxygens (including phenoxy) is 2. The van der Waals surface area contributed by atoms with Crippen molar-refractivity contribution < 1.29 is 14.3 Å². The second kappa shape index (κ2) is 11.4. The van der Waals surface area contributed by atoms with Crippen LogP contribution in [-0.2, 0) is 11.4 Å². The summed E-state index contributed by atoms with van der Waals surface area (Å²) in [7, 11) is 1.58. The molecule has 4 aromatic rings. The van der Waals surface area contributed by atoms with Crippen LogP contribution in [0.15, 0.2) is 72.8 Å². The van der Waals surface area contributed by atoms with Crippen molar-refractivity contribution in [1.82, 2.24) is 4.98 Å². The minimum Gasteiger partial charge on any atom is -0.493 e. The fraction of sp³-hybridized carbons (Fsp3) is 0.111. The van der Waals surface area contributed by atoms with Gasteiger partial charge in [0.25, 0.3) is 0 Å². The van der Waals surface area contributed by atoms with Gasteiger partial charge in [-0.15, -0.1) is 11.3 Å². The molecule has 0 aliphatic heterocycles. The van der Waals surface area contributed by atoms with Crippen LogP contribution < -0.4 is 14.8 Å². The Hall–Kier alpha value is -3.32. The Kier molecular flexibility index (Phi) is 8.08. The average molecular weight is 525 g/mol. The molecule has 0 saturated carbocycles. The van der Waals surface area contributed by atoms with Crippen molar-refractivity contribution in [3.8, 4) is 22.8 Å². The van der Waals surface area contributed by atoms with E-state index >= 15 is 0 Å². The molecular weight excluding hydrogens is 503 g/mol. The Morgan fingerprint density at radius 3 is 2.57 bits per heavy atom. The standard InChI is InChI=1S/C27H22Cl2N2O3S/c1-17-26(20-4-3-5-22(29)15-20)31-27(35-17)30-25(32)13-9-18-8-12-23(24(14-18)33-2)34-16-19-6-10-21(28)11-7-19/h3-15H,16H2,1-2H3,(H,30,31,32)/b13-9+. The van der Waals surface area contributed by atoms with Crippen molar-refractivity contribution in [2.24, 2.45) is 0 Å². The maximum absolute atomic E-state index is 12.5. The molecule has 8 heteroatoms. The predicted molar refractivity (Wildman–Crippen MR) is 144 cm³/mol. The quantitative estimate of drug-likeness (QED) is 0.240. The van der Waals surface area contributed by atoms with Crippen molar-refractivity contribution in [3.05, 3.63) is 98.9 Å². The van der Waals surface area contributed by atoms with E-state index in [-0.39, 0.29) is 5.91 Å². The van der Waals surface area contributed by atoms with E-state index in [1.54, 1.807) is 13.2 Å². The van der Waals surface area contributed by atoms with Crippen LogP contribution >= 0.6 is 34.5 Å². The minimum absolute atomic E-state index is 0.279. The molecule has 0 unspecified atom stereocenters. The predicted octanol–water partition coefficient (Wildman–Crippen LogP) is 7.66. The molecule has 4 rings (SSSR count). The zero-order valence-electron chi connectivity index (χ0n) is 19.0. The largest absolute Gasteiger partial charge is 0.493 e. The maximum atomic E-state index is 12.5. The zero-order chi connectivity index (χ0) is 24.8. The molecule has 0 bridgehead atoms. The highest BCUT2D eigenvalue weighted by molar-refractivity contribution is 7.16. The van der Waals surface area contributed by atoms with Gasteiger partial charge >= 0.3 is 0 Å². The third kappa shape index (κ3) is 6.63. The number of carbonyl (C=O) groups is 1. The molecule has 35 heavy (non-hydrogen) atoms. The number of nitrogens with zero attached hydrogens (tertiary/aromatic N) is 1. The Labute approximate surface area is 218 Å². The number of carbonyl (C=O) groups excluding carboxylic acids is 1. The molecule has 0 atom stereocenters. The minimum atomic E-state index is -0.279. The lowest BCUT2D eigenvalue weighted by molar-refractivity contribution is -0.111. The Balaban J connectivity index is 1.40. The molecule has 0 radical (unpaired) electrons. The summed E-state index contributed by atoms with van der Waals surface area (Å²) < 4.78 is 11.3. The summed E-state index contributed by atoms with van der Waals surface area (Å²) in [5.41, 5.74) is 3.50. The molecular formula is C27H22Cl2N2O3S. The summed E-state index contributed by atoms with van der Waals surface area (Å²) in [6.45, 7) is 2.35. The normalized spacial score (nSPS) is 11.0. The molecule has 1 amide bonds. The molecule has 0 saturated heterocycles. The number of aryl methyl sites for hydroxylation is 1. The molecule has 1 heterocycles. The molecule has 178 valence electrons. The maximum Gasteiger partial charge on any atom is 0.250 e. The Morgan fingerprint density at radius 2 is 1.83 bits per heavy atom. The van der Waals surface area contributed by atoms with Crippen LogP contribution in [0.2, 0.25) is 10.0 Å². The molecule has 3 aromatic carbocycles. The number of anilines is 1. The van der Waals surface area contributed by atoms with Gasteiger partial charge < -0.3 is 9.47 Å². The molecule has 0 aliphatic carbocycles. The molecule has 0 aliphatic rings. The van der Waals surface area contributed by atoms with E-state index in [1.165, 1.54) is 17.4 Å². The lowest BCUT2D eigenvalue weighted by atomic mass is 10.1. The van der Waals surface area contributed by atoms with Gasteiger partial charge in [-0.3, -0.25) is 10.1 Å². The van der Waals surface area contributed by atoms with Gasteiger partial charge in [0.05, 0.1) is 12.8 Å². The number of hydrogen-bond donors (Lipinski definition) is 1. The van der Waals surface area contributed by atoms with Gasteiger partial charge in [-0.05, 0) is 60.5 Å². The number of amides is 1. The number of methoxy groups -OCH3 is 1. The SMILES string of the molecule is COc1cc(/C=C/C(=O)Nc2nc(-c3cccc(Cl)c3)c(C)s2)ccc1OCc1ccc(Cl)cc1. The zero-order valence-corrected chi connectivity index (χ0v) is 21.4. The van der Waals surface area contributed by atoms with E-state index in [2.05, 4.69) is 10.3 Å². The first-order valence-corrected chi connectivity index (χ1v) is 12.3. The van der Waals surface area contributed by atoms with E-state index in [0.29, 0.717) is 33.3 Å². The van der Waals surface area contributed by atoms with Crippen LogP contribution in [0.25, 0.3) is 17.3 Å². The summed E-state index contributed by atoms with van der Waals surface area (Å²) in [6.07, 6.45) is 3.16. The third-order valence-corrected chi connectivity index (χ3v) is 6.42. The van der Waals surface area contributed by atoms with E-state index in [4.69, 9.17) is 32.7 Å². The second-order valence-corrected chi connectivity index (χ2v) is 9.66. The lowest BCUT2D eigenvalue weighted by Crippen LogP contribution is -2.07. The average Bonchev–Trinajstić information content (AvgIpc) is 3.22. The third-order valence-electron chi connectivity index (χ3n) is 5.05. The van der Waals surface area contributed by atoms with Crippen molar-refractivity contribution in [2.45, 2.75) is 13.5 Å². The van der Waals surface area contributed by atoms with E-state index < -0.39 is 0 Å². The number of halogens is 2. The smallest absolute Gasteiger partial charge is 0.250 e. The second-order valence-electron chi connectivity index (χ2n) is 7.58. The number of benzene rings is 3. The first-order chi connectivity index (χ1) is 16.9. The van der Waals surface area contributed by atoms with Crippen molar-refractivity contribution >= 4 is 51.7 Å². The number of aromatic nitrogens is 1. The summed E-state index contributed by atoms with van der Waals surface area (Å²) in [5.74, 6) is 0.900. The van der Waals surface area contributed by atoms with E-state index in [1.807, 2.05) is 73.7 Å². The topological polar surface area (TPSA) is 60.5 Å². The van der Waals surface area contributed by atoms with Crippen LogP contribution in [0.3, 0.4) is 0 Å². The highest BCUT2D eigenvalue weighted by Crippen LogP contribution is 2.32. The molecule has 1 aromatic heterocycles. The van der Waals surface area contributed by atoms with Gasteiger partial charge in [0.1, 0.15) is 6.61 Å². The summed E-state index contributed by atoms with van der Waals surface area (Å²) in [4.78, 5) is 18.0. The lowest BCUT2D eigenvalue weighted by Gasteiger charge is -2.11. The number of hydrogen-bond acceptors (Lipinski definition) is 5. The summed E-state index contributed by atoms with van der Waals surface area (Å²) in [6, 6.07) is 20.4.